The highest BCUT2D eigenvalue weighted by molar-refractivity contribution is 5.95. The summed E-state index contributed by atoms with van der Waals surface area (Å²) in [5, 5.41) is 0. The number of hydrogen-bond acceptors (Lipinski definition) is 5. The van der Waals surface area contributed by atoms with Crippen LogP contribution >= 0.6 is 0 Å². The van der Waals surface area contributed by atoms with Gasteiger partial charge in [-0.2, -0.15) is 0 Å². The van der Waals surface area contributed by atoms with Crippen LogP contribution in [-0.4, -0.2) is 41.8 Å². The summed E-state index contributed by atoms with van der Waals surface area (Å²) in [6, 6.07) is 0. The van der Waals surface area contributed by atoms with Crippen molar-refractivity contribution in [1.29, 1.82) is 0 Å². The molecule has 2 aliphatic heterocycles. The van der Waals surface area contributed by atoms with E-state index in [2.05, 4.69) is 39.8 Å². The monoisotopic (exact) mass is 428 g/mol. The SMILES string of the molecule is CC1=C[C@]23C(=O)[C@H](C=C4COC(C)(C)O[C@H]4[C@@]24OC(C)(C)O[C@@H]14)[C@H]1[C@@H](C[C@H]3C)C1(C)C. The van der Waals surface area contributed by atoms with Gasteiger partial charge in [-0.3, -0.25) is 4.79 Å². The Morgan fingerprint density at radius 3 is 2.39 bits per heavy atom. The number of carbonyl (C=O) groups is 1. The van der Waals surface area contributed by atoms with E-state index in [1.165, 1.54) is 0 Å². The molecule has 0 aromatic rings. The van der Waals surface area contributed by atoms with Crippen molar-refractivity contribution >= 4 is 5.78 Å². The van der Waals surface area contributed by atoms with Gasteiger partial charge in [-0.05, 0) is 75.4 Å². The minimum absolute atomic E-state index is 0.134. The first-order valence-electron chi connectivity index (χ1n) is 11.9. The molecule has 0 radical (unpaired) electrons. The molecule has 2 heterocycles. The van der Waals surface area contributed by atoms with Gasteiger partial charge >= 0.3 is 0 Å². The molecule has 6 aliphatic rings. The molecule has 4 fully saturated rings. The zero-order valence-electron chi connectivity index (χ0n) is 20.1. The van der Waals surface area contributed by atoms with Crippen LogP contribution in [0.4, 0.5) is 0 Å². The van der Waals surface area contributed by atoms with Gasteiger partial charge in [0, 0.05) is 5.92 Å². The summed E-state index contributed by atoms with van der Waals surface area (Å²) in [5.41, 5.74) is 0.650. The van der Waals surface area contributed by atoms with E-state index in [0.29, 0.717) is 24.2 Å². The minimum atomic E-state index is -0.903. The van der Waals surface area contributed by atoms with Crippen molar-refractivity contribution < 1.29 is 23.7 Å². The fourth-order valence-corrected chi connectivity index (χ4v) is 8.17. The molecular weight excluding hydrogens is 392 g/mol. The van der Waals surface area contributed by atoms with Crippen LogP contribution in [0.3, 0.4) is 0 Å². The van der Waals surface area contributed by atoms with Gasteiger partial charge in [0.05, 0.1) is 12.0 Å². The summed E-state index contributed by atoms with van der Waals surface area (Å²) in [6.45, 7) is 17.3. The number of ether oxygens (including phenoxy) is 4. The Morgan fingerprint density at radius 2 is 1.68 bits per heavy atom. The Bertz CT molecular complexity index is 941. The summed E-state index contributed by atoms with van der Waals surface area (Å²) in [7, 11) is 0. The second kappa shape index (κ2) is 5.55. The maximum atomic E-state index is 14.7. The Morgan fingerprint density at radius 1 is 1.00 bits per heavy atom. The number of carbonyl (C=O) groups excluding carboxylic acids is 1. The van der Waals surface area contributed by atoms with Crippen LogP contribution in [0.15, 0.2) is 23.3 Å². The highest BCUT2D eigenvalue weighted by Crippen LogP contribution is 2.73. The van der Waals surface area contributed by atoms with Crippen molar-refractivity contribution in [3.63, 3.8) is 0 Å². The first-order valence-corrected chi connectivity index (χ1v) is 11.9. The maximum Gasteiger partial charge on any atom is 0.164 e. The van der Waals surface area contributed by atoms with Crippen molar-refractivity contribution in [2.75, 3.05) is 6.61 Å². The molecule has 0 unspecified atom stereocenters. The largest absolute Gasteiger partial charge is 0.346 e. The zero-order valence-corrected chi connectivity index (χ0v) is 20.1. The van der Waals surface area contributed by atoms with Crippen LogP contribution in [0.2, 0.25) is 0 Å². The van der Waals surface area contributed by atoms with Crippen molar-refractivity contribution in [2.45, 2.75) is 91.2 Å². The summed E-state index contributed by atoms with van der Waals surface area (Å²) in [5.74, 6) is -0.335. The van der Waals surface area contributed by atoms with E-state index in [4.69, 9.17) is 18.9 Å². The lowest BCUT2D eigenvalue weighted by Gasteiger charge is -2.53. The first-order chi connectivity index (χ1) is 14.3. The van der Waals surface area contributed by atoms with Gasteiger partial charge < -0.3 is 18.9 Å². The Balaban J connectivity index is 1.64. The number of Topliss-reactive ketones (excluding diaryl/α,β-unsaturated/α-hetero) is 1. The molecule has 31 heavy (non-hydrogen) atoms. The van der Waals surface area contributed by atoms with Crippen LogP contribution < -0.4 is 0 Å². The average molecular weight is 429 g/mol. The standard InChI is InChI=1S/C26H36O5/c1-13-11-25-14(2)9-17-18(22(17,3)4)16(19(25)27)10-15-12-28-23(5,6)30-21(15)26(25)20(13)29-24(7,8)31-26/h10-11,14,16-18,20-21H,9,12H2,1-8H3/t14-,16-,17-,18+,20+,21-,25+,26-/m1/s1. The lowest BCUT2D eigenvalue weighted by Crippen LogP contribution is -2.67. The summed E-state index contributed by atoms with van der Waals surface area (Å²) >= 11 is 0. The van der Waals surface area contributed by atoms with Crippen LogP contribution in [0.25, 0.3) is 0 Å². The third kappa shape index (κ3) is 2.24. The number of hydrogen-bond donors (Lipinski definition) is 0. The Labute approximate surface area is 185 Å². The van der Waals surface area contributed by atoms with E-state index in [0.717, 1.165) is 17.6 Å². The van der Waals surface area contributed by atoms with E-state index in [1.807, 2.05) is 27.7 Å². The van der Waals surface area contributed by atoms with Gasteiger partial charge in [0.1, 0.15) is 17.8 Å². The van der Waals surface area contributed by atoms with Crippen molar-refractivity contribution in [2.24, 2.45) is 34.5 Å². The van der Waals surface area contributed by atoms with Crippen LogP contribution in [0.1, 0.15) is 61.8 Å². The highest BCUT2D eigenvalue weighted by Gasteiger charge is 2.80. The van der Waals surface area contributed by atoms with Crippen molar-refractivity contribution in [1.82, 2.24) is 0 Å². The van der Waals surface area contributed by atoms with E-state index >= 15 is 0 Å². The molecule has 2 saturated heterocycles. The highest BCUT2D eigenvalue weighted by atomic mass is 16.8. The van der Waals surface area contributed by atoms with E-state index in [9.17, 15) is 4.79 Å². The molecule has 5 heteroatoms. The molecule has 6 rings (SSSR count). The molecule has 4 aliphatic carbocycles. The second-order valence-electron chi connectivity index (χ2n) is 12.5. The predicted molar refractivity (Wildman–Crippen MR) is 115 cm³/mol. The van der Waals surface area contributed by atoms with Gasteiger partial charge in [0.2, 0.25) is 0 Å². The van der Waals surface area contributed by atoms with E-state index in [-0.39, 0.29) is 29.5 Å². The maximum absolute atomic E-state index is 14.7. The number of rotatable bonds is 0. The minimum Gasteiger partial charge on any atom is -0.346 e. The van der Waals surface area contributed by atoms with Crippen molar-refractivity contribution in [3.05, 3.63) is 23.3 Å². The van der Waals surface area contributed by atoms with Crippen LogP contribution in [0.5, 0.6) is 0 Å². The molecule has 170 valence electrons. The van der Waals surface area contributed by atoms with Gasteiger partial charge in [0.15, 0.2) is 17.4 Å². The van der Waals surface area contributed by atoms with Gasteiger partial charge in [-0.25, -0.2) is 0 Å². The summed E-state index contributed by atoms with van der Waals surface area (Å²) in [6.07, 6.45) is 4.76. The summed E-state index contributed by atoms with van der Waals surface area (Å²) < 4.78 is 26.2. The molecule has 2 spiro atoms. The molecule has 0 aromatic carbocycles. The van der Waals surface area contributed by atoms with Crippen LogP contribution in [0, 0.1) is 34.5 Å². The third-order valence-electron chi connectivity index (χ3n) is 9.45. The normalized spacial score (nSPS) is 52.6. The number of fused-ring (bicyclic) bond motifs is 4. The molecule has 0 N–H and O–H groups in total. The molecule has 2 saturated carbocycles. The smallest absolute Gasteiger partial charge is 0.164 e. The first kappa shape index (κ1) is 20.6. The molecular formula is C26H36O5. The Hall–Kier alpha value is -1.01. The zero-order chi connectivity index (χ0) is 22.4. The van der Waals surface area contributed by atoms with Crippen molar-refractivity contribution in [3.8, 4) is 0 Å². The lowest BCUT2D eigenvalue weighted by atomic mass is 9.58. The van der Waals surface area contributed by atoms with E-state index in [1.54, 1.807) is 0 Å². The third-order valence-corrected chi connectivity index (χ3v) is 9.45. The molecule has 5 nitrogen and oxygen atoms in total. The topological polar surface area (TPSA) is 54.0 Å². The molecule has 0 amide bonds. The predicted octanol–water partition coefficient (Wildman–Crippen LogP) is 4.41. The Kier molecular flexibility index (Phi) is 3.68. The fourth-order valence-electron chi connectivity index (χ4n) is 8.17. The van der Waals surface area contributed by atoms with Gasteiger partial charge in [-0.15, -0.1) is 0 Å². The molecule has 8 atom stereocenters. The summed E-state index contributed by atoms with van der Waals surface area (Å²) in [4.78, 5) is 14.7. The average Bonchev–Trinajstić information content (AvgIpc) is 2.97. The van der Waals surface area contributed by atoms with Gasteiger partial charge in [0.25, 0.3) is 0 Å². The second-order valence-corrected chi connectivity index (χ2v) is 12.5. The fraction of sp³-hybridized carbons (Fsp3) is 0.808. The van der Waals surface area contributed by atoms with Crippen LogP contribution in [-0.2, 0) is 23.7 Å². The number of ketones is 1. The lowest BCUT2D eigenvalue weighted by molar-refractivity contribution is -0.304. The van der Waals surface area contributed by atoms with E-state index < -0.39 is 22.6 Å². The molecule has 0 aromatic heterocycles. The molecule has 2 bridgehead atoms. The van der Waals surface area contributed by atoms with Gasteiger partial charge in [-0.1, -0.05) is 32.9 Å². The quantitative estimate of drug-likeness (QED) is 0.535. The number of allylic oxidation sites excluding steroid dienone is 1.